The minimum atomic E-state index is -0.976. The van der Waals surface area contributed by atoms with Crippen LogP contribution in [0.25, 0.3) is 10.8 Å². The molecule has 0 aliphatic heterocycles. The molecule has 0 spiro atoms. The molecule has 3 amide bonds. The summed E-state index contributed by atoms with van der Waals surface area (Å²) in [6.07, 6.45) is 0.794. The number of benzene rings is 3. The van der Waals surface area contributed by atoms with E-state index in [1.807, 2.05) is 81.4 Å². The summed E-state index contributed by atoms with van der Waals surface area (Å²) in [6.45, 7) is 11.6. The lowest BCUT2D eigenvalue weighted by atomic mass is 9.94. The third-order valence-electron chi connectivity index (χ3n) is 6.73. The number of rotatable bonds is 10. The SMILES string of the molecule is CCCCN(C(=O)C(CS)NC(=O)OC(C)(C)C)C(C(=O)Nc1ccc2ccccc2c1)c1cccc(C)c1C. The van der Waals surface area contributed by atoms with Crippen LogP contribution in [0, 0.1) is 13.8 Å². The van der Waals surface area contributed by atoms with E-state index in [4.69, 9.17) is 4.74 Å². The average Bonchev–Trinajstić information content (AvgIpc) is 2.90. The van der Waals surface area contributed by atoms with Gasteiger partial charge in [-0.2, -0.15) is 12.6 Å². The molecule has 0 heterocycles. The summed E-state index contributed by atoms with van der Waals surface area (Å²) in [5.41, 5.74) is 2.59. The van der Waals surface area contributed by atoms with E-state index in [2.05, 4.69) is 23.3 Å². The number of ether oxygens (including phenoxy) is 1. The van der Waals surface area contributed by atoms with Gasteiger partial charge in [-0.1, -0.05) is 61.9 Å². The van der Waals surface area contributed by atoms with Gasteiger partial charge in [0.25, 0.3) is 5.91 Å². The monoisotopic (exact) mass is 563 g/mol. The quantitative estimate of drug-likeness (QED) is 0.243. The zero-order valence-corrected chi connectivity index (χ0v) is 25.2. The molecular weight excluding hydrogens is 522 g/mol. The van der Waals surface area contributed by atoms with Gasteiger partial charge < -0.3 is 20.3 Å². The maximum Gasteiger partial charge on any atom is 0.408 e. The Hall–Kier alpha value is -3.52. The molecule has 0 saturated carbocycles. The van der Waals surface area contributed by atoms with Crippen LogP contribution in [0.4, 0.5) is 10.5 Å². The maximum atomic E-state index is 14.1. The fourth-order valence-electron chi connectivity index (χ4n) is 4.53. The third kappa shape index (κ3) is 8.01. The molecule has 3 rings (SSSR count). The highest BCUT2D eigenvalue weighted by Crippen LogP contribution is 2.29. The minimum absolute atomic E-state index is 0.0481. The molecule has 8 heteroatoms. The van der Waals surface area contributed by atoms with Crippen molar-refractivity contribution in [2.24, 2.45) is 0 Å². The van der Waals surface area contributed by atoms with Gasteiger partial charge in [-0.05, 0) is 80.6 Å². The highest BCUT2D eigenvalue weighted by molar-refractivity contribution is 7.80. The number of hydrogen-bond donors (Lipinski definition) is 3. The Labute approximate surface area is 243 Å². The van der Waals surface area contributed by atoms with Crippen molar-refractivity contribution in [3.05, 3.63) is 77.4 Å². The fraction of sp³-hybridized carbons (Fsp3) is 0.406. The Kier molecular flexibility index (Phi) is 10.6. The van der Waals surface area contributed by atoms with E-state index in [0.717, 1.165) is 33.9 Å². The predicted octanol–water partition coefficient (Wildman–Crippen LogP) is 6.59. The number of aryl methyl sites for hydroxylation is 1. The second-order valence-electron chi connectivity index (χ2n) is 11.0. The van der Waals surface area contributed by atoms with E-state index in [1.54, 1.807) is 25.7 Å². The summed E-state index contributed by atoms with van der Waals surface area (Å²) in [7, 11) is 0. The summed E-state index contributed by atoms with van der Waals surface area (Å²) in [5, 5.41) is 7.78. The van der Waals surface area contributed by atoms with Crippen LogP contribution in [0.2, 0.25) is 0 Å². The molecule has 0 bridgehead atoms. The van der Waals surface area contributed by atoms with E-state index in [-0.39, 0.29) is 11.7 Å². The predicted molar refractivity (Wildman–Crippen MR) is 165 cm³/mol. The number of thiol groups is 1. The van der Waals surface area contributed by atoms with Gasteiger partial charge in [-0.25, -0.2) is 4.79 Å². The first-order valence-electron chi connectivity index (χ1n) is 13.7. The lowest BCUT2D eigenvalue weighted by molar-refractivity contribution is -0.140. The molecule has 40 heavy (non-hydrogen) atoms. The van der Waals surface area contributed by atoms with Gasteiger partial charge in [0.1, 0.15) is 17.7 Å². The number of amides is 3. The van der Waals surface area contributed by atoms with Gasteiger partial charge in [-0.15, -0.1) is 0 Å². The topological polar surface area (TPSA) is 87.7 Å². The lowest BCUT2D eigenvalue weighted by Crippen LogP contribution is -2.53. The van der Waals surface area contributed by atoms with Gasteiger partial charge in [-0.3, -0.25) is 9.59 Å². The van der Waals surface area contributed by atoms with Crippen molar-refractivity contribution in [2.45, 2.75) is 72.1 Å². The number of nitrogens with zero attached hydrogens (tertiary/aromatic N) is 1. The number of nitrogens with one attached hydrogen (secondary N) is 2. The Balaban J connectivity index is 2.03. The Bertz CT molecular complexity index is 1350. The molecule has 3 aromatic carbocycles. The van der Waals surface area contributed by atoms with Crippen LogP contribution in [-0.4, -0.2) is 46.7 Å². The number of anilines is 1. The fourth-order valence-corrected chi connectivity index (χ4v) is 4.78. The molecular formula is C32H41N3O4S. The summed E-state index contributed by atoms with van der Waals surface area (Å²) in [4.78, 5) is 42.3. The van der Waals surface area contributed by atoms with Crippen molar-refractivity contribution in [1.29, 1.82) is 0 Å². The Morgan fingerprint density at radius 1 is 0.975 bits per heavy atom. The van der Waals surface area contributed by atoms with E-state index in [0.29, 0.717) is 18.7 Å². The summed E-state index contributed by atoms with van der Waals surface area (Å²) >= 11 is 4.37. The molecule has 0 radical (unpaired) electrons. The molecule has 0 saturated heterocycles. The first kappa shape index (κ1) is 31.0. The first-order valence-corrected chi connectivity index (χ1v) is 14.3. The van der Waals surface area contributed by atoms with Crippen molar-refractivity contribution in [3.63, 3.8) is 0 Å². The van der Waals surface area contributed by atoms with Crippen molar-refractivity contribution in [3.8, 4) is 0 Å². The molecule has 214 valence electrons. The molecule has 7 nitrogen and oxygen atoms in total. The van der Waals surface area contributed by atoms with Crippen LogP contribution >= 0.6 is 12.6 Å². The number of carbonyl (C=O) groups is 3. The number of carbonyl (C=O) groups excluding carboxylic acids is 3. The van der Waals surface area contributed by atoms with Gasteiger partial charge in [0.2, 0.25) is 5.91 Å². The third-order valence-corrected chi connectivity index (χ3v) is 7.09. The van der Waals surface area contributed by atoms with Crippen LogP contribution in [-0.2, 0) is 14.3 Å². The summed E-state index contributed by atoms with van der Waals surface area (Å²) in [5.74, 6) is -0.676. The molecule has 0 aliphatic carbocycles. The Morgan fingerprint density at radius 3 is 2.33 bits per heavy atom. The van der Waals surface area contributed by atoms with Gasteiger partial charge in [0.05, 0.1) is 0 Å². The molecule has 2 N–H and O–H groups in total. The van der Waals surface area contributed by atoms with Crippen LogP contribution in [0.3, 0.4) is 0 Å². The largest absolute Gasteiger partial charge is 0.444 e. The smallest absolute Gasteiger partial charge is 0.408 e. The molecule has 2 unspecified atom stereocenters. The second-order valence-corrected chi connectivity index (χ2v) is 11.4. The number of fused-ring (bicyclic) bond motifs is 1. The standard InChI is InChI=1S/C32H41N3O4S/c1-7-8-18-35(30(37)27(20-40)34-31(38)39-32(4,5)6)28(26-15-11-12-21(2)22(26)3)29(36)33-25-17-16-23-13-9-10-14-24(23)19-25/h9-17,19,27-28,40H,7-8,18,20H2,1-6H3,(H,33,36)(H,34,38). The van der Waals surface area contributed by atoms with Crippen LogP contribution in [0.5, 0.6) is 0 Å². The Morgan fingerprint density at radius 2 is 1.68 bits per heavy atom. The van der Waals surface area contributed by atoms with Crippen LogP contribution in [0.1, 0.15) is 63.3 Å². The molecule has 3 aromatic rings. The van der Waals surface area contributed by atoms with E-state index in [9.17, 15) is 14.4 Å². The van der Waals surface area contributed by atoms with E-state index >= 15 is 0 Å². The molecule has 0 aliphatic rings. The van der Waals surface area contributed by atoms with E-state index in [1.165, 1.54) is 0 Å². The van der Waals surface area contributed by atoms with Gasteiger partial charge >= 0.3 is 6.09 Å². The normalized spacial score (nSPS) is 12.9. The average molecular weight is 564 g/mol. The summed E-state index contributed by atoms with van der Waals surface area (Å²) in [6, 6.07) is 17.5. The van der Waals surface area contributed by atoms with E-state index < -0.39 is 29.7 Å². The van der Waals surface area contributed by atoms with Crippen molar-refractivity contribution in [1.82, 2.24) is 10.2 Å². The maximum absolute atomic E-state index is 14.1. The number of unbranched alkanes of at least 4 members (excludes halogenated alkanes) is 1. The highest BCUT2D eigenvalue weighted by atomic mass is 32.1. The highest BCUT2D eigenvalue weighted by Gasteiger charge is 2.36. The lowest BCUT2D eigenvalue weighted by Gasteiger charge is -2.35. The van der Waals surface area contributed by atoms with Gasteiger partial charge in [0.15, 0.2) is 0 Å². The zero-order chi connectivity index (χ0) is 29.4. The molecule has 2 atom stereocenters. The van der Waals surface area contributed by atoms with Crippen LogP contribution in [0.15, 0.2) is 60.7 Å². The van der Waals surface area contributed by atoms with Crippen molar-refractivity contribution >= 4 is 47.0 Å². The van der Waals surface area contributed by atoms with Crippen molar-refractivity contribution in [2.75, 3.05) is 17.6 Å². The van der Waals surface area contributed by atoms with Gasteiger partial charge in [0, 0.05) is 18.0 Å². The minimum Gasteiger partial charge on any atom is -0.444 e. The van der Waals surface area contributed by atoms with Crippen molar-refractivity contribution < 1.29 is 19.1 Å². The first-order chi connectivity index (χ1) is 18.9. The molecule has 0 fully saturated rings. The zero-order valence-electron chi connectivity index (χ0n) is 24.3. The number of hydrogen-bond acceptors (Lipinski definition) is 5. The molecule has 0 aromatic heterocycles. The second kappa shape index (κ2) is 13.7. The van der Waals surface area contributed by atoms with Crippen LogP contribution < -0.4 is 10.6 Å². The summed E-state index contributed by atoms with van der Waals surface area (Å²) < 4.78 is 5.39. The number of alkyl carbamates (subject to hydrolysis) is 1.